The molecule has 9 atom stereocenters. The number of aliphatic hydroxyl groups excluding tert-OH is 1. The molecule has 6 N–H and O–H groups in total. The van der Waals surface area contributed by atoms with Gasteiger partial charge in [-0.2, -0.15) is 0 Å². The van der Waals surface area contributed by atoms with Crippen LogP contribution in [-0.2, 0) is 25.4 Å². The number of carbonyl (C=O) groups excluding carboxylic acids is 1. The zero-order valence-electron chi connectivity index (χ0n) is 21.4. The van der Waals surface area contributed by atoms with Crippen molar-refractivity contribution in [1.29, 1.82) is 0 Å². The number of hydrogen-bond donors (Lipinski definition) is 6. The predicted molar refractivity (Wildman–Crippen MR) is 137 cm³/mol. The molecule has 2 saturated heterocycles. The minimum absolute atomic E-state index is 0.0112. The Morgan fingerprint density at radius 3 is 2.68 bits per heavy atom. The van der Waals surface area contributed by atoms with E-state index < -0.39 is 42.5 Å². The van der Waals surface area contributed by atoms with Gasteiger partial charge < -0.3 is 45.7 Å². The Morgan fingerprint density at radius 1 is 1.21 bits per heavy atom. The molecule has 13 heteroatoms. The highest BCUT2D eigenvalue weighted by Gasteiger charge is 2.61. The lowest BCUT2D eigenvalue weighted by Crippen LogP contribution is -2.76. The number of aliphatic hydroxyl groups is 2. The summed E-state index contributed by atoms with van der Waals surface area (Å²) in [5, 5.41) is 37.0. The van der Waals surface area contributed by atoms with Gasteiger partial charge in [-0.15, -0.1) is 11.3 Å². The molecule has 0 spiro atoms. The lowest BCUT2D eigenvalue weighted by molar-refractivity contribution is -0.442. The highest BCUT2D eigenvalue weighted by atomic mass is 32.1. The van der Waals surface area contributed by atoms with E-state index in [1.165, 1.54) is 23.5 Å². The molecule has 3 heterocycles. The summed E-state index contributed by atoms with van der Waals surface area (Å²) in [4.78, 5) is 17.5. The number of hydrogen-bond acceptors (Lipinski definition) is 11. The molecule has 3 unspecified atom stereocenters. The molecule has 1 aromatic heterocycles. The molecule has 0 radical (unpaired) electrons. The van der Waals surface area contributed by atoms with Gasteiger partial charge >= 0.3 is 0 Å². The first-order chi connectivity index (χ1) is 18.2. The number of anilines is 2. The molecule has 3 fully saturated rings. The van der Waals surface area contributed by atoms with Crippen LogP contribution < -0.4 is 21.3 Å². The molecule has 11 nitrogen and oxygen atoms in total. The molecule has 1 saturated carbocycles. The van der Waals surface area contributed by atoms with Crippen molar-refractivity contribution in [1.82, 2.24) is 20.9 Å². The average molecular weight is 552 g/mol. The van der Waals surface area contributed by atoms with Gasteiger partial charge in [0.1, 0.15) is 11.9 Å². The van der Waals surface area contributed by atoms with Gasteiger partial charge in [0, 0.05) is 17.1 Å². The van der Waals surface area contributed by atoms with Crippen molar-refractivity contribution in [2.75, 3.05) is 19.4 Å². The van der Waals surface area contributed by atoms with E-state index in [1.54, 1.807) is 31.6 Å². The molecule has 2 aromatic rings. The largest absolute Gasteiger partial charge is 0.390 e. The second-order valence-corrected chi connectivity index (χ2v) is 10.9. The third-order valence-electron chi connectivity index (χ3n) is 7.40. The van der Waals surface area contributed by atoms with Crippen molar-refractivity contribution in [2.24, 2.45) is 0 Å². The number of fused-ring (bicyclic) bond motifs is 2. The Kier molecular flexibility index (Phi) is 7.99. The average Bonchev–Trinajstić information content (AvgIpc) is 3.31. The van der Waals surface area contributed by atoms with Crippen molar-refractivity contribution < 1.29 is 33.6 Å². The number of nitrogens with one attached hydrogen (secondary N) is 4. The second-order valence-electron chi connectivity index (χ2n) is 10.0. The third-order valence-corrected chi connectivity index (χ3v) is 8.21. The fourth-order valence-corrected chi connectivity index (χ4v) is 6.18. The molecule has 3 aliphatic rings. The number of halogens is 1. The minimum atomic E-state index is -1.94. The van der Waals surface area contributed by atoms with Gasteiger partial charge in [0.15, 0.2) is 5.13 Å². The first-order valence-corrected chi connectivity index (χ1v) is 13.6. The highest BCUT2D eigenvalue weighted by Crippen LogP contribution is 2.41. The summed E-state index contributed by atoms with van der Waals surface area (Å²) in [6.45, 7) is 1.85. The first-order valence-electron chi connectivity index (χ1n) is 12.7. The van der Waals surface area contributed by atoms with Gasteiger partial charge in [-0.25, -0.2) is 9.37 Å². The number of benzene rings is 1. The van der Waals surface area contributed by atoms with Crippen LogP contribution in [0.25, 0.3) is 0 Å². The van der Waals surface area contributed by atoms with E-state index in [9.17, 15) is 19.4 Å². The number of ether oxygens (including phenoxy) is 3. The Hall–Kier alpha value is -2.23. The first kappa shape index (κ1) is 27.3. The van der Waals surface area contributed by atoms with Crippen LogP contribution in [0.2, 0.25) is 0 Å². The van der Waals surface area contributed by atoms with Crippen LogP contribution >= 0.6 is 11.3 Å². The van der Waals surface area contributed by atoms with Gasteiger partial charge in [-0.3, -0.25) is 4.79 Å². The molecule has 1 aromatic carbocycles. The predicted octanol–water partition coefficient (Wildman–Crippen LogP) is 0.601. The van der Waals surface area contributed by atoms with Crippen LogP contribution in [-0.4, -0.2) is 89.8 Å². The van der Waals surface area contributed by atoms with Crippen molar-refractivity contribution in [2.45, 2.75) is 80.8 Å². The lowest BCUT2D eigenvalue weighted by Gasteiger charge is -2.56. The van der Waals surface area contributed by atoms with E-state index in [4.69, 9.17) is 14.2 Å². The van der Waals surface area contributed by atoms with Crippen LogP contribution in [0.4, 0.5) is 15.2 Å². The van der Waals surface area contributed by atoms with E-state index in [1.807, 2.05) is 6.92 Å². The molecular weight excluding hydrogens is 517 g/mol. The summed E-state index contributed by atoms with van der Waals surface area (Å²) in [6, 6.07) is 4.37. The number of aromatic nitrogens is 1. The fourth-order valence-electron chi connectivity index (χ4n) is 5.45. The molecule has 208 valence electrons. The second kappa shape index (κ2) is 11.1. The smallest absolute Gasteiger partial charge is 0.239 e. The molecule has 5 rings (SSSR count). The van der Waals surface area contributed by atoms with Crippen LogP contribution in [0.5, 0.6) is 0 Å². The van der Waals surface area contributed by atoms with Crippen LogP contribution in [0.1, 0.15) is 25.5 Å². The van der Waals surface area contributed by atoms with E-state index in [0.29, 0.717) is 29.4 Å². The van der Waals surface area contributed by atoms with Crippen LogP contribution in [0, 0.1) is 5.82 Å². The van der Waals surface area contributed by atoms with Gasteiger partial charge in [-0.05, 0) is 58.1 Å². The molecule has 0 bridgehead atoms. The van der Waals surface area contributed by atoms with Gasteiger partial charge in [0.2, 0.25) is 18.0 Å². The highest BCUT2D eigenvalue weighted by molar-refractivity contribution is 7.13. The molecule has 1 aliphatic carbocycles. The van der Waals surface area contributed by atoms with Gasteiger partial charge in [0.05, 0.1) is 42.5 Å². The van der Waals surface area contributed by atoms with Crippen molar-refractivity contribution in [3.8, 4) is 0 Å². The number of rotatable bonds is 7. The van der Waals surface area contributed by atoms with E-state index in [0.717, 1.165) is 0 Å². The normalized spacial score (nSPS) is 36.7. The number of thiazole rings is 1. The van der Waals surface area contributed by atoms with E-state index >= 15 is 0 Å². The Bertz CT molecular complexity index is 1120. The maximum absolute atomic E-state index is 13.1. The van der Waals surface area contributed by atoms with Crippen molar-refractivity contribution in [3.63, 3.8) is 0 Å². The van der Waals surface area contributed by atoms with Crippen molar-refractivity contribution >= 4 is 28.1 Å². The number of likely N-dealkylation sites (N-methyl/N-ethyl adjacent to an activating group) is 2. The quantitative estimate of drug-likeness (QED) is 0.289. The number of carbonyl (C=O) groups is 1. The summed E-state index contributed by atoms with van der Waals surface area (Å²) >= 11 is 1.33. The maximum atomic E-state index is 13.1. The zero-order chi connectivity index (χ0) is 27.0. The summed E-state index contributed by atoms with van der Waals surface area (Å²) in [7, 11) is 3.49. The molecule has 2 aliphatic heterocycles. The van der Waals surface area contributed by atoms with Crippen LogP contribution in [0.3, 0.4) is 0 Å². The third kappa shape index (κ3) is 5.42. The Labute approximate surface area is 224 Å². The van der Waals surface area contributed by atoms with E-state index in [-0.39, 0.29) is 30.3 Å². The molecular formula is C25H34FN5O6S. The monoisotopic (exact) mass is 551 g/mol. The topological polar surface area (TPSA) is 146 Å². The summed E-state index contributed by atoms with van der Waals surface area (Å²) in [5.41, 5.74) is 1.23. The summed E-state index contributed by atoms with van der Waals surface area (Å²) in [6.07, 6.45) is -2.49. The molecule has 38 heavy (non-hydrogen) atoms. The SMILES string of the molecule is CN[C@H]1CC2OC3O[C@H](C)C[C@@H](NC(=O)Cc4csc(Nc5ccc(F)cc5)n4)[C@]3(O)OC2[C@@H](NC)[C@H]1O. The number of amides is 1. The van der Waals surface area contributed by atoms with Gasteiger partial charge in [0.25, 0.3) is 0 Å². The van der Waals surface area contributed by atoms with Gasteiger partial charge in [-0.1, -0.05) is 0 Å². The molecule has 1 amide bonds. The van der Waals surface area contributed by atoms with Crippen molar-refractivity contribution in [3.05, 3.63) is 41.2 Å². The van der Waals surface area contributed by atoms with E-state index in [2.05, 4.69) is 26.3 Å². The standard InChI is InChI=1S/C25H34FN5O6S/c1-12-8-18(31-19(32)9-15-11-38-24(30-15)29-14-6-4-13(26)5-7-14)25(34)23(35-12)36-17-10-16(27-2)21(33)20(28-3)22(17)37-25/h4-7,11-12,16-18,20-23,27-28,33-34H,8-10H2,1-3H3,(H,29,30)(H,31,32)/t12-,16+,17?,18-,20+,21+,22?,23?,25+/m1/s1. The Morgan fingerprint density at radius 2 is 1.97 bits per heavy atom. The number of nitrogens with zero attached hydrogens (tertiary/aromatic N) is 1. The van der Waals surface area contributed by atoms with Crippen LogP contribution in [0.15, 0.2) is 29.6 Å². The lowest BCUT2D eigenvalue weighted by atomic mass is 9.81. The zero-order valence-corrected chi connectivity index (χ0v) is 22.2. The summed E-state index contributed by atoms with van der Waals surface area (Å²) in [5.74, 6) is -2.61. The fraction of sp³-hybridized carbons (Fsp3) is 0.600. The summed E-state index contributed by atoms with van der Waals surface area (Å²) < 4.78 is 31.5. The minimum Gasteiger partial charge on any atom is -0.390 e. The maximum Gasteiger partial charge on any atom is 0.239 e. The Balaban J connectivity index is 1.26.